The Bertz CT molecular complexity index is 3570. The van der Waals surface area contributed by atoms with Crippen LogP contribution in [0.4, 0.5) is 0 Å². The summed E-state index contributed by atoms with van der Waals surface area (Å²) in [5.41, 5.74) is 18.7. The molecular weight excluding hydrogens is 779 g/mol. The molecule has 0 amide bonds. The van der Waals surface area contributed by atoms with Gasteiger partial charge in [-0.2, -0.15) is 0 Å². The maximum absolute atomic E-state index is 6.65. The molecule has 12 rings (SSSR count). The van der Waals surface area contributed by atoms with Crippen molar-refractivity contribution >= 4 is 21.9 Å². The van der Waals surface area contributed by atoms with E-state index < -0.39 is 0 Å². The molecule has 302 valence electrons. The molecule has 2 aromatic heterocycles. The molecule has 0 N–H and O–H groups in total. The minimum Gasteiger partial charge on any atom is -0.456 e. The second-order valence-electron chi connectivity index (χ2n) is 17.2. The van der Waals surface area contributed by atoms with Crippen LogP contribution in [0, 0.1) is 0 Å². The molecular formula is C60H41N3O. The first-order chi connectivity index (χ1) is 31.5. The van der Waals surface area contributed by atoms with Gasteiger partial charge < -0.3 is 4.42 Å². The van der Waals surface area contributed by atoms with Crippen LogP contribution in [0.1, 0.15) is 25.0 Å². The fraction of sp³-hybridized carbons (Fsp3) is 0.0500. The van der Waals surface area contributed by atoms with E-state index in [0.717, 1.165) is 66.4 Å². The summed E-state index contributed by atoms with van der Waals surface area (Å²) in [6.45, 7) is 4.65. The molecule has 0 aliphatic heterocycles. The number of furan rings is 1. The molecule has 64 heavy (non-hydrogen) atoms. The molecule has 0 spiro atoms. The van der Waals surface area contributed by atoms with Crippen LogP contribution in [0.3, 0.4) is 0 Å². The van der Waals surface area contributed by atoms with Gasteiger partial charge in [-0.15, -0.1) is 0 Å². The van der Waals surface area contributed by atoms with E-state index in [9.17, 15) is 0 Å². The zero-order valence-electron chi connectivity index (χ0n) is 35.5. The van der Waals surface area contributed by atoms with E-state index >= 15 is 0 Å². The Labute approximate surface area is 372 Å². The lowest BCUT2D eigenvalue weighted by atomic mass is 9.82. The van der Waals surface area contributed by atoms with Gasteiger partial charge in [-0.25, -0.2) is 15.0 Å². The fourth-order valence-electron chi connectivity index (χ4n) is 9.73. The van der Waals surface area contributed by atoms with E-state index in [-0.39, 0.29) is 5.41 Å². The number of nitrogens with zero attached hydrogens (tertiary/aromatic N) is 3. The first-order valence-electron chi connectivity index (χ1n) is 21.8. The lowest BCUT2D eigenvalue weighted by Crippen LogP contribution is -2.14. The van der Waals surface area contributed by atoms with E-state index in [1.54, 1.807) is 0 Å². The van der Waals surface area contributed by atoms with E-state index in [2.05, 4.69) is 214 Å². The van der Waals surface area contributed by atoms with Crippen molar-refractivity contribution in [2.45, 2.75) is 19.3 Å². The molecule has 4 heteroatoms. The minimum atomic E-state index is -0.0937. The summed E-state index contributed by atoms with van der Waals surface area (Å²) < 4.78 is 6.65. The van der Waals surface area contributed by atoms with Gasteiger partial charge in [0.1, 0.15) is 11.2 Å². The van der Waals surface area contributed by atoms with E-state index in [0.29, 0.717) is 17.5 Å². The van der Waals surface area contributed by atoms with E-state index in [1.807, 2.05) is 12.1 Å². The third-order valence-electron chi connectivity index (χ3n) is 13.0. The fourth-order valence-corrected chi connectivity index (χ4v) is 9.73. The Balaban J connectivity index is 0.985. The number of hydrogen-bond acceptors (Lipinski definition) is 4. The summed E-state index contributed by atoms with van der Waals surface area (Å²) in [5, 5.41) is 2.12. The van der Waals surface area contributed by atoms with Gasteiger partial charge in [-0.3, -0.25) is 0 Å². The Hall–Kier alpha value is -8.21. The average molecular weight is 820 g/mol. The van der Waals surface area contributed by atoms with Gasteiger partial charge in [0.25, 0.3) is 0 Å². The highest BCUT2D eigenvalue weighted by Gasteiger charge is 2.36. The van der Waals surface area contributed by atoms with Gasteiger partial charge >= 0.3 is 0 Å². The van der Waals surface area contributed by atoms with Gasteiger partial charge in [0.15, 0.2) is 17.5 Å². The summed E-state index contributed by atoms with van der Waals surface area (Å²) >= 11 is 0. The Morgan fingerprint density at radius 2 is 0.797 bits per heavy atom. The van der Waals surface area contributed by atoms with Crippen molar-refractivity contribution in [2.75, 3.05) is 0 Å². The second kappa shape index (κ2) is 15.0. The van der Waals surface area contributed by atoms with Crippen LogP contribution in [0.2, 0.25) is 0 Å². The lowest BCUT2D eigenvalue weighted by molar-refractivity contribution is 0.660. The lowest BCUT2D eigenvalue weighted by Gasteiger charge is -2.21. The van der Waals surface area contributed by atoms with Crippen LogP contribution in [0.15, 0.2) is 217 Å². The number of rotatable bonds is 7. The van der Waals surface area contributed by atoms with Crippen molar-refractivity contribution in [1.29, 1.82) is 0 Å². The summed E-state index contributed by atoms with van der Waals surface area (Å²) in [6.07, 6.45) is 0. The zero-order chi connectivity index (χ0) is 42.8. The molecule has 0 saturated carbocycles. The maximum atomic E-state index is 6.65. The Morgan fingerprint density at radius 3 is 1.55 bits per heavy atom. The predicted octanol–water partition coefficient (Wildman–Crippen LogP) is 15.7. The molecule has 9 aromatic carbocycles. The molecule has 0 fully saturated rings. The van der Waals surface area contributed by atoms with E-state index in [4.69, 9.17) is 19.4 Å². The van der Waals surface area contributed by atoms with Crippen molar-refractivity contribution in [1.82, 2.24) is 15.0 Å². The van der Waals surface area contributed by atoms with Crippen molar-refractivity contribution in [2.24, 2.45) is 0 Å². The third-order valence-corrected chi connectivity index (χ3v) is 13.0. The Kier molecular flexibility index (Phi) is 8.80. The number of benzene rings is 9. The third kappa shape index (κ3) is 6.34. The summed E-state index contributed by atoms with van der Waals surface area (Å²) in [6, 6.07) is 74.9. The molecule has 1 aliphatic rings. The van der Waals surface area contributed by atoms with Crippen molar-refractivity contribution in [3.05, 3.63) is 223 Å². The highest BCUT2D eigenvalue weighted by atomic mass is 16.3. The predicted molar refractivity (Wildman–Crippen MR) is 263 cm³/mol. The maximum Gasteiger partial charge on any atom is 0.164 e. The highest BCUT2D eigenvalue weighted by molar-refractivity contribution is 6.13. The molecule has 0 bridgehead atoms. The second-order valence-corrected chi connectivity index (χ2v) is 17.2. The topological polar surface area (TPSA) is 51.8 Å². The molecule has 0 saturated heterocycles. The highest BCUT2D eigenvalue weighted by Crippen LogP contribution is 2.52. The quantitative estimate of drug-likeness (QED) is 0.161. The molecule has 0 atom stereocenters. The number of hydrogen-bond donors (Lipinski definition) is 0. The van der Waals surface area contributed by atoms with Gasteiger partial charge in [0.05, 0.1) is 0 Å². The largest absolute Gasteiger partial charge is 0.456 e. The minimum absolute atomic E-state index is 0.0937. The van der Waals surface area contributed by atoms with Gasteiger partial charge in [-0.05, 0) is 97.1 Å². The standard InChI is InChI=1S/C60H41N3O/c1-60(2)51-26-10-9-23-49(51)55-47(24-13-27-52(55)60)44-21-12-22-45(36-44)58-61-57(41-31-29-40(30-32-41)38-15-5-3-6-16-38)62-59(63-58)46-33-34-50-54(37-46)64-53-28-14-25-48(56(50)53)43-20-11-19-42(35-43)39-17-7-4-8-18-39/h3-37H,1-2H3. The van der Waals surface area contributed by atoms with Crippen LogP contribution in [0.25, 0.3) is 112 Å². The first kappa shape index (κ1) is 37.5. The monoisotopic (exact) mass is 819 g/mol. The SMILES string of the molecule is CC1(C)c2ccccc2-c2c(-c3cccc(-c4nc(-c5ccc(-c6ccccc6)cc5)nc(-c5ccc6c(c5)oc5cccc(-c7cccc(-c8ccccc8)c7)c56)n4)c3)cccc21. The van der Waals surface area contributed by atoms with Crippen molar-refractivity contribution < 1.29 is 4.42 Å². The average Bonchev–Trinajstić information content (AvgIpc) is 3.86. The Morgan fingerprint density at radius 1 is 0.328 bits per heavy atom. The van der Waals surface area contributed by atoms with Crippen molar-refractivity contribution in [3.63, 3.8) is 0 Å². The number of aromatic nitrogens is 3. The summed E-state index contributed by atoms with van der Waals surface area (Å²) in [4.78, 5) is 15.6. The smallest absolute Gasteiger partial charge is 0.164 e. The van der Waals surface area contributed by atoms with E-state index in [1.165, 1.54) is 38.9 Å². The van der Waals surface area contributed by atoms with Crippen LogP contribution < -0.4 is 0 Å². The van der Waals surface area contributed by atoms with Crippen LogP contribution >= 0.6 is 0 Å². The molecule has 0 unspecified atom stereocenters. The normalized spacial score (nSPS) is 12.7. The van der Waals surface area contributed by atoms with Crippen LogP contribution in [-0.4, -0.2) is 15.0 Å². The first-order valence-corrected chi connectivity index (χ1v) is 21.8. The van der Waals surface area contributed by atoms with Crippen molar-refractivity contribution in [3.8, 4) is 89.8 Å². The molecule has 4 nitrogen and oxygen atoms in total. The molecule has 11 aromatic rings. The molecule has 2 heterocycles. The van der Waals surface area contributed by atoms with Crippen LogP contribution in [0.5, 0.6) is 0 Å². The van der Waals surface area contributed by atoms with Gasteiger partial charge in [-0.1, -0.05) is 196 Å². The van der Waals surface area contributed by atoms with Gasteiger partial charge in [0, 0.05) is 32.9 Å². The van der Waals surface area contributed by atoms with Crippen LogP contribution in [-0.2, 0) is 5.41 Å². The zero-order valence-corrected chi connectivity index (χ0v) is 35.5. The summed E-state index contributed by atoms with van der Waals surface area (Å²) in [7, 11) is 0. The molecule has 1 aliphatic carbocycles. The van der Waals surface area contributed by atoms with Gasteiger partial charge in [0.2, 0.25) is 0 Å². The summed E-state index contributed by atoms with van der Waals surface area (Å²) in [5.74, 6) is 1.78. The molecule has 0 radical (unpaired) electrons. The number of fused-ring (bicyclic) bond motifs is 6.